The minimum Gasteiger partial charge on any atom is -0.381 e. The molecule has 0 aromatic carbocycles. The molecule has 2 saturated heterocycles. The Bertz CT molecular complexity index is 723. The third-order valence-corrected chi connectivity index (χ3v) is 4.80. The second-order valence-corrected chi connectivity index (χ2v) is 6.07. The molecular weight excluding hydrogens is 311 g/mol. The highest BCUT2D eigenvalue weighted by Crippen LogP contribution is 2.40. The molecule has 0 saturated carbocycles. The first-order chi connectivity index (χ1) is 11.0. The van der Waals surface area contributed by atoms with E-state index in [-0.39, 0.29) is 11.2 Å². The lowest BCUT2D eigenvalue weighted by atomic mass is 9.87. The highest BCUT2D eigenvalue weighted by Gasteiger charge is 2.43. The number of nitrogens with zero attached hydrogens (tertiary/aromatic N) is 5. The molecule has 124 valence electrons. The molecule has 2 aromatic rings. The van der Waals surface area contributed by atoms with Crippen molar-refractivity contribution in [3.8, 4) is 0 Å². The van der Waals surface area contributed by atoms with Crippen LogP contribution in [0.1, 0.15) is 31.5 Å². The zero-order chi connectivity index (χ0) is 16.1. The van der Waals surface area contributed by atoms with E-state index in [1.807, 2.05) is 0 Å². The highest BCUT2D eigenvalue weighted by atomic mass is 19.4. The van der Waals surface area contributed by atoms with E-state index in [9.17, 15) is 13.2 Å². The van der Waals surface area contributed by atoms with Crippen molar-refractivity contribution >= 4 is 11.5 Å². The van der Waals surface area contributed by atoms with Gasteiger partial charge in [0.1, 0.15) is 5.82 Å². The van der Waals surface area contributed by atoms with E-state index in [0.717, 1.165) is 36.7 Å². The van der Waals surface area contributed by atoms with Gasteiger partial charge < -0.3 is 9.64 Å². The molecule has 23 heavy (non-hydrogen) atoms. The van der Waals surface area contributed by atoms with E-state index in [4.69, 9.17) is 4.74 Å². The second kappa shape index (κ2) is 5.05. The standard InChI is InChI=1S/C14H16F3N5O/c15-14(16,17)12-19-18-10-2-3-11(20-22(10)12)21-7-1-4-13(21)5-8-23-9-6-13/h2-3H,1,4-9H2. The first-order valence-electron chi connectivity index (χ1n) is 7.65. The Labute approximate surface area is 130 Å². The topological polar surface area (TPSA) is 55.5 Å². The van der Waals surface area contributed by atoms with Crippen molar-refractivity contribution in [3.05, 3.63) is 18.0 Å². The number of ether oxygens (including phenoxy) is 1. The Morgan fingerprint density at radius 3 is 2.61 bits per heavy atom. The molecule has 0 atom stereocenters. The number of aromatic nitrogens is 4. The molecule has 4 heterocycles. The summed E-state index contributed by atoms with van der Waals surface area (Å²) < 4.78 is 45.3. The molecule has 0 aliphatic carbocycles. The number of fused-ring (bicyclic) bond motifs is 1. The maximum absolute atomic E-state index is 13.0. The van der Waals surface area contributed by atoms with Gasteiger partial charge in [-0.2, -0.15) is 17.7 Å². The molecule has 2 aliphatic heterocycles. The van der Waals surface area contributed by atoms with E-state index in [1.165, 1.54) is 6.07 Å². The Hall–Kier alpha value is -1.90. The van der Waals surface area contributed by atoms with Crippen LogP contribution in [-0.2, 0) is 10.9 Å². The summed E-state index contributed by atoms with van der Waals surface area (Å²) in [4.78, 5) is 2.13. The minimum atomic E-state index is -4.58. The van der Waals surface area contributed by atoms with Gasteiger partial charge in [0.2, 0.25) is 0 Å². The van der Waals surface area contributed by atoms with Crippen LogP contribution in [0.3, 0.4) is 0 Å². The van der Waals surface area contributed by atoms with Crippen molar-refractivity contribution in [1.29, 1.82) is 0 Å². The van der Waals surface area contributed by atoms with Crippen LogP contribution in [0.2, 0.25) is 0 Å². The van der Waals surface area contributed by atoms with Crippen LogP contribution >= 0.6 is 0 Å². The molecule has 0 unspecified atom stereocenters. The average Bonchev–Trinajstić information content (AvgIpc) is 3.11. The minimum absolute atomic E-state index is 0.0503. The van der Waals surface area contributed by atoms with Gasteiger partial charge in [-0.15, -0.1) is 15.3 Å². The van der Waals surface area contributed by atoms with E-state index in [0.29, 0.717) is 19.0 Å². The van der Waals surface area contributed by atoms with Gasteiger partial charge in [-0.1, -0.05) is 0 Å². The van der Waals surface area contributed by atoms with Gasteiger partial charge in [0.15, 0.2) is 5.65 Å². The van der Waals surface area contributed by atoms with Gasteiger partial charge in [-0.25, -0.2) is 0 Å². The molecule has 0 bridgehead atoms. The smallest absolute Gasteiger partial charge is 0.381 e. The molecule has 0 N–H and O–H groups in total. The molecule has 2 aromatic heterocycles. The molecule has 2 fully saturated rings. The van der Waals surface area contributed by atoms with Crippen LogP contribution in [0.15, 0.2) is 12.1 Å². The summed E-state index contributed by atoms with van der Waals surface area (Å²) in [7, 11) is 0. The lowest BCUT2D eigenvalue weighted by molar-refractivity contribution is -0.146. The summed E-state index contributed by atoms with van der Waals surface area (Å²) in [6.07, 6.45) is -0.799. The van der Waals surface area contributed by atoms with Gasteiger partial charge in [-0.05, 0) is 37.8 Å². The summed E-state index contributed by atoms with van der Waals surface area (Å²) in [6.45, 7) is 2.15. The van der Waals surface area contributed by atoms with Crippen molar-refractivity contribution < 1.29 is 17.9 Å². The Morgan fingerprint density at radius 1 is 1.09 bits per heavy atom. The maximum Gasteiger partial charge on any atom is 0.453 e. The van der Waals surface area contributed by atoms with Gasteiger partial charge in [0.25, 0.3) is 5.82 Å². The second-order valence-electron chi connectivity index (χ2n) is 6.07. The first-order valence-corrected chi connectivity index (χ1v) is 7.65. The Morgan fingerprint density at radius 2 is 1.87 bits per heavy atom. The largest absolute Gasteiger partial charge is 0.453 e. The van der Waals surface area contributed by atoms with Crippen LogP contribution in [0, 0.1) is 0 Å². The summed E-state index contributed by atoms with van der Waals surface area (Å²) in [6, 6.07) is 3.27. The lowest BCUT2D eigenvalue weighted by Crippen LogP contribution is -2.48. The predicted molar refractivity (Wildman–Crippen MR) is 75.1 cm³/mol. The van der Waals surface area contributed by atoms with Crippen LogP contribution in [0.4, 0.5) is 19.0 Å². The summed E-state index contributed by atoms with van der Waals surface area (Å²) in [5, 5.41) is 11.0. The third-order valence-electron chi connectivity index (χ3n) is 4.80. The van der Waals surface area contributed by atoms with Gasteiger partial charge in [-0.3, -0.25) is 0 Å². The summed E-state index contributed by atoms with van der Waals surface area (Å²) in [5.74, 6) is -0.545. The van der Waals surface area contributed by atoms with Crippen LogP contribution < -0.4 is 4.90 Å². The number of hydrogen-bond donors (Lipinski definition) is 0. The molecule has 0 radical (unpaired) electrons. The molecule has 2 aliphatic rings. The number of hydrogen-bond acceptors (Lipinski definition) is 5. The monoisotopic (exact) mass is 327 g/mol. The summed E-state index contributed by atoms with van der Waals surface area (Å²) >= 11 is 0. The van der Waals surface area contributed by atoms with Crippen molar-refractivity contribution in [3.63, 3.8) is 0 Å². The van der Waals surface area contributed by atoms with Crippen molar-refractivity contribution in [2.75, 3.05) is 24.7 Å². The van der Waals surface area contributed by atoms with Gasteiger partial charge in [0.05, 0.1) is 0 Å². The van der Waals surface area contributed by atoms with Crippen molar-refractivity contribution in [1.82, 2.24) is 19.8 Å². The SMILES string of the molecule is FC(F)(F)c1nnc2ccc(N3CCCC34CCOCC4)nn12. The zero-order valence-corrected chi connectivity index (χ0v) is 12.4. The molecule has 1 spiro atoms. The fourth-order valence-electron chi connectivity index (χ4n) is 3.67. The molecule has 6 nitrogen and oxygen atoms in total. The maximum atomic E-state index is 13.0. The fourth-order valence-corrected chi connectivity index (χ4v) is 3.67. The van der Waals surface area contributed by atoms with Gasteiger partial charge >= 0.3 is 6.18 Å². The van der Waals surface area contributed by atoms with Crippen molar-refractivity contribution in [2.24, 2.45) is 0 Å². The predicted octanol–water partition coefficient (Wildman–Crippen LogP) is 2.29. The van der Waals surface area contributed by atoms with Crippen molar-refractivity contribution in [2.45, 2.75) is 37.4 Å². The van der Waals surface area contributed by atoms with E-state index in [2.05, 4.69) is 20.2 Å². The Balaban J connectivity index is 1.76. The van der Waals surface area contributed by atoms with E-state index >= 15 is 0 Å². The normalized spacial score (nSPS) is 21.4. The number of rotatable bonds is 1. The Kier molecular flexibility index (Phi) is 3.22. The summed E-state index contributed by atoms with van der Waals surface area (Å²) in [5.41, 5.74) is 0.0482. The highest BCUT2D eigenvalue weighted by molar-refractivity contribution is 5.49. The molecule has 4 rings (SSSR count). The number of halogens is 3. The molecule has 0 amide bonds. The zero-order valence-electron chi connectivity index (χ0n) is 12.4. The van der Waals surface area contributed by atoms with Crippen LogP contribution in [-0.4, -0.2) is 45.1 Å². The fraction of sp³-hybridized carbons (Fsp3) is 0.643. The lowest BCUT2D eigenvalue weighted by Gasteiger charge is -2.42. The first kappa shape index (κ1) is 14.7. The van der Waals surface area contributed by atoms with Crippen LogP contribution in [0.25, 0.3) is 5.65 Å². The quantitative estimate of drug-likeness (QED) is 0.804. The van der Waals surface area contributed by atoms with E-state index < -0.39 is 12.0 Å². The van der Waals surface area contributed by atoms with Crippen LogP contribution in [0.5, 0.6) is 0 Å². The number of anilines is 1. The van der Waals surface area contributed by atoms with E-state index in [1.54, 1.807) is 6.07 Å². The molecule has 9 heteroatoms. The van der Waals surface area contributed by atoms with Gasteiger partial charge in [0, 0.05) is 25.3 Å². The molecular formula is C14H16F3N5O. The average molecular weight is 327 g/mol. The number of alkyl halides is 3. The third kappa shape index (κ3) is 2.34.